The third-order valence-corrected chi connectivity index (χ3v) is 2.89. The smallest absolute Gasteiger partial charge is 0.352 e. The number of carbonyl (C=O) groups is 2. The number of thiophene rings is 1. The standard InChI is InChI=1S/C9H10O5S/c1-3-14-9(13)8-6(12)5(11)7(15-8)4(2)10/h11-12H,3H2,1-2H3. The minimum absolute atomic E-state index is 0.0458. The van der Waals surface area contributed by atoms with Gasteiger partial charge >= 0.3 is 5.97 Å². The summed E-state index contributed by atoms with van der Waals surface area (Å²) in [6, 6.07) is 0. The maximum absolute atomic E-state index is 11.3. The number of hydrogen-bond donors (Lipinski definition) is 2. The maximum atomic E-state index is 11.3. The molecule has 1 aromatic rings. The van der Waals surface area contributed by atoms with Gasteiger partial charge in [-0.1, -0.05) is 0 Å². The first-order valence-electron chi connectivity index (χ1n) is 4.21. The molecule has 15 heavy (non-hydrogen) atoms. The SMILES string of the molecule is CCOC(=O)c1sc(C(C)=O)c(O)c1O. The van der Waals surface area contributed by atoms with Crippen LogP contribution in [-0.4, -0.2) is 28.6 Å². The molecule has 0 amide bonds. The van der Waals surface area contributed by atoms with Gasteiger partial charge in [-0.2, -0.15) is 0 Å². The van der Waals surface area contributed by atoms with Crippen molar-refractivity contribution in [2.45, 2.75) is 13.8 Å². The Morgan fingerprint density at radius 2 is 1.80 bits per heavy atom. The van der Waals surface area contributed by atoms with E-state index in [0.29, 0.717) is 0 Å². The summed E-state index contributed by atoms with van der Waals surface area (Å²) in [5.41, 5.74) is 0. The van der Waals surface area contributed by atoms with Gasteiger partial charge in [0.25, 0.3) is 0 Å². The van der Waals surface area contributed by atoms with E-state index in [1.807, 2.05) is 0 Å². The van der Waals surface area contributed by atoms with E-state index in [1.54, 1.807) is 6.92 Å². The normalized spacial score (nSPS) is 10.0. The summed E-state index contributed by atoms with van der Waals surface area (Å²) in [6.45, 7) is 3.01. The molecule has 1 rings (SSSR count). The second kappa shape index (κ2) is 4.31. The number of carbonyl (C=O) groups excluding carboxylic acids is 2. The monoisotopic (exact) mass is 230 g/mol. The zero-order valence-corrected chi connectivity index (χ0v) is 9.05. The molecule has 1 heterocycles. The Bertz CT molecular complexity index is 407. The average Bonchev–Trinajstić information content (AvgIpc) is 2.45. The van der Waals surface area contributed by atoms with Crippen LogP contribution in [0.4, 0.5) is 0 Å². The van der Waals surface area contributed by atoms with E-state index in [0.717, 1.165) is 11.3 Å². The molecular formula is C9H10O5S. The zero-order valence-electron chi connectivity index (χ0n) is 8.23. The summed E-state index contributed by atoms with van der Waals surface area (Å²) >= 11 is 0.718. The van der Waals surface area contributed by atoms with Crippen molar-refractivity contribution in [3.05, 3.63) is 9.75 Å². The van der Waals surface area contributed by atoms with Crippen LogP contribution in [0.5, 0.6) is 11.5 Å². The van der Waals surface area contributed by atoms with Gasteiger partial charge in [-0.25, -0.2) is 4.79 Å². The van der Waals surface area contributed by atoms with E-state index in [1.165, 1.54) is 6.92 Å². The number of ketones is 1. The third kappa shape index (κ3) is 2.10. The highest BCUT2D eigenvalue weighted by atomic mass is 32.1. The minimum atomic E-state index is -0.747. The van der Waals surface area contributed by atoms with Gasteiger partial charge in [-0.15, -0.1) is 11.3 Å². The summed E-state index contributed by atoms with van der Waals surface area (Å²) < 4.78 is 4.65. The Hall–Kier alpha value is -1.56. The van der Waals surface area contributed by atoms with Gasteiger partial charge in [-0.05, 0) is 6.92 Å². The molecule has 0 aliphatic rings. The van der Waals surface area contributed by atoms with E-state index < -0.39 is 23.3 Å². The molecule has 0 atom stereocenters. The largest absolute Gasteiger partial charge is 0.503 e. The van der Waals surface area contributed by atoms with E-state index in [4.69, 9.17) is 0 Å². The topological polar surface area (TPSA) is 83.8 Å². The number of esters is 1. The van der Waals surface area contributed by atoms with Crippen molar-refractivity contribution in [3.8, 4) is 11.5 Å². The molecule has 0 bridgehead atoms. The zero-order chi connectivity index (χ0) is 11.6. The first-order valence-corrected chi connectivity index (χ1v) is 5.03. The first kappa shape index (κ1) is 11.5. The predicted octanol–water partition coefficient (Wildman–Crippen LogP) is 1.54. The van der Waals surface area contributed by atoms with Crippen LogP contribution < -0.4 is 0 Å². The van der Waals surface area contributed by atoms with Crippen molar-refractivity contribution in [3.63, 3.8) is 0 Å². The van der Waals surface area contributed by atoms with Gasteiger partial charge in [0.05, 0.1) is 6.61 Å². The Morgan fingerprint density at radius 1 is 1.27 bits per heavy atom. The van der Waals surface area contributed by atoms with Crippen molar-refractivity contribution >= 4 is 23.1 Å². The molecule has 0 radical (unpaired) electrons. The van der Waals surface area contributed by atoms with Gasteiger partial charge in [-0.3, -0.25) is 4.79 Å². The predicted molar refractivity (Wildman–Crippen MR) is 53.6 cm³/mol. The minimum Gasteiger partial charge on any atom is -0.503 e. The molecule has 2 N–H and O–H groups in total. The van der Waals surface area contributed by atoms with Gasteiger partial charge < -0.3 is 14.9 Å². The molecule has 0 saturated heterocycles. The van der Waals surface area contributed by atoms with Gasteiger partial charge in [0.2, 0.25) is 0 Å². The summed E-state index contributed by atoms with van der Waals surface area (Å²) in [5.74, 6) is -2.31. The van der Waals surface area contributed by atoms with Gasteiger partial charge in [0.1, 0.15) is 4.88 Å². The van der Waals surface area contributed by atoms with Crippen molar-refractivity contribution < 1.29 is 24.5 Å². The van der Waals surface area contributed by atoms with Crippen molar-refractivity contribution in [2.24, 2.45) is 0 Å². The highest BCUT2D eigenvalue weighted by molar-refractivity contribution is 7.16. The highest BCUT2D eigenvalue weighted by Gasteiger charge is 2.25. The fraction of sp³-hybridized carbons (Fsp3) is 0.333. The van der Waals surface area contributed by atoms with Crippen LogP contribution in [0.15, 0.2) is 0 Å². The van der Waals surface area contributed by atoms with Crippen LogP contribution in [0.1, 0.15) is 33.2 Å². The molecule has 0 unspecified atom stereocenters. The summed E-state index contributed by atoms with van der Waals surface area (Å²) in [7, 11) is 0. The van der Waals surface area contributed by atoms with E-state index in [2.05, 4.69) is 4.74 Å². The van der Waals surface area contributed by atoms with E-state index >= 15 is 0 Å². The Labute approximate surface area is 89.9 Å². The fourth-order valence-corrected chi connectivity index (χ4v) is 1.86. The van der Waals surface area contributed by atoms with E-state index in [-0.39, 0.29) is 16.4 Å². The second-order valence-electron chi connectivity index (χ2n) is 2.73. The molecule has 0 aliphatic heterocycles. The Kier molecular flexibility index (Phi) is 3.31. The molecule has 1 aromatic heterocycles. The molecule has 0 aliphatic carbocycles. The van der Waals surface area contributed by atoms with Gasteiger partial charge in [0.15, 0.2) is 22.2 Å². The molecule has 0 spiro atoms. The number of aromatic hydroxyl groups is 2. The first-order chi connectivity index (χ1) is 6.99. The average molecular weight is 230 g/mol. The second-order valence-corrected chi connectivity index (χ2v) is 3.75. The lowest BCUT2D eigenvalue weighted by Gasteiger charge is -1.97. The molecule has 0 fully saturated rings. The Morgan fingerprint density at radius 3 is 2.20 bits per heavy atom. The lowest BCUT2D eigenvalue weighted by Crippen LogP contribution is -2.02. The van der Waals surface area contributed by atoms with E-state index in [9.17, 15) is 19.8 Å². The number of Topliss-reactive ketones (excluding diaryl/α,β-unsaturated/α-hetero) is 1. The van der Waals surface area contributed by atoms with Crippen LogP contribution in [0.2, 0.25) is 0 Å². The summed E-state index contributed by atoms with van der Waals surface area (Å²) in [4.78, 5) is 22.1. The maximum Gasteiger partial charge on any atom is 0.352 e. The van der Waals surface area contributed by atoms with Crippen LogP contribution >= 0.6 is 11.3 Å². The quantitative estimate of drug-likeness (QED) is 0.607. The molecule has 82 valence electrons. The summed E-state index contributed by atoms with van der Waals surface area (Å²) in [5, 5.41) is 18.7. The van der Waals surface area contributed by atoms with Crippen LogP contribution in [0, 0.1) is 0 Å². The molecule has 5 nitrogen and oxygen atoms in total. The van der Waals surface area contributed by atoms with Crippen molar-refractivity contribution in [2.75, 3.05) is 6.61 Å². The number of ether oxygens (including phenoxy) is 1. The highest BCUT2D eigenvalue weighted by Crippen LogP contribution is 2.40. The number of hydrogen-bond acceptors (Lipinski definition) is 6. The molecule has 0 saturated carbocycles. The third-order valence-electron chi connectivity index (χ3n) is 1.64. The van der Waals surface area contributed by atoms with Crippen LogP contribution in [-0.2, 0) is 4.74 Å². The molecular weight excluding hydrogens is 220 g/mol. The lowest BCUT2D eigenvalue weighted by molar-refractivity contribution is 0.0528. The van der Waals surface area contributed by atoms with Crippen molar-refractivity contribution in [1.82, 2.24) is 0 Å². The molecule has 6 heteroatoms. The lowest BCUT2D eigenvalue weighted by atomic mass is 10.3. The molecule has 0 aromatic carbocycles. The Balaban J connectivity index is 3.16. The van der Waals surface area contributed by atoms with Crippen molar-refractivity contribution in [1.29, 1.82) is 0 Å². The summed E-state index contributed by atoms with van der Waals surface area (Å²) in [6.07, 6.45) is 0. The number of rotatable bonds is 3. The van der Waals surface area contributed by atoms with Crippen LogP contribution in [0.3, 0.4) is 0 Å². The van der Waals surface area contributed by atoms with Crippen LogP contribution in [0.25, 0.3) is 0 Å². The fourth-order valence-electron chi connectivity index (χ4n) is 0.987. The van der Waals surface area contributed by atoms with Gasteiger partial charge in [0, 0.05) is 6.92 Å².